The van der Waals surface area contributed by atoms with Crippen LogP contribution in [0, 0.1) is 5.92 Å². The van der Waals surface area contributed by atoms with Crippen LogP contribution in [0.15, 0.2) is 77.2 Å². The zero-order chi connectivity index (χ0) is 27.8. The molecule has 0 aliphatic carbocycles. The van der Waals surface area contributed by atoms with Crippen molar-refractivity contribution in [1.82, 2.24) is 5.32 Å². The minimum absolute atomic E-state index is 0.0197. The normalized spacial score (nSPS) is 12.5. The van der Waals surface area contributed by atoms with Gasteiger partial charge in [-0.25, -0.2) is 0 Å². The molecule has 8 heteroatoms. The number of hydrogen-bond donors (Lipinski definition) is 3. The third-order valence-electron chi connectivity index (χ3n) is 6.75. The molecule has 0 aliphatic rings. The van der Waals surface area contributed by atoms with Crippen molar-refractivity contribution in [2.24, 2.45) is 5.92 Å². The molecule has 3 N–H and O–H groups in total. The van der Waals surface area contributed by atoms with Crippen LogP contribution in [0.25, 0.3) is 22.3 Å². The van der Waals surface area contributed by atoms with Gasteiger partial charge in [-0.1, -0.05) is 38.5 Å². The van der Waals surface area contributed by atoms with E-state index in [-0.39, 0.29) is 24.9 Å². The van der Waals surface area contributed by atoms with Gasteiger partial charge in [-0.2, -0.15) is 0 Å². The van der Waals surface area contributed by atoms with Crippen molar-refractivity contribution in [3.63, 3.8) is 0 Å². The molecular weight excluding hydrogens is 496 g/mol. The highest BCUT2D eigenvalue weighted by Gasteiger charge is 2.18. The number of rotatable bonds is 13. The summed E-state index contributed by atoms with van der Waals surface area (Å²) in [5, 5.41) is 15.9. The number of ether oxygens (including phenoxy) is 2. The average molecular weight is 531 g/mol. The van der Waals surface area contributed by atoms with Gasteiger partial charge in [-0.15, -0.1) is 0 Å². The number of amides is 1. The van der Waals surface area contributed by atoms with E-state index >= 15 is 0 Å². The van der Waals surface area contributed by atoms with Crippen LogP contribution in [0.2, 0.25) is 0 Å². The van der Waals surface area contributed by atoms with Crippen LogP contribution in [0.5, 0.6) is 11.5 Å². The van der Waals surface area contributed by atoms with Crippen LogP contribution in [0.1, 0.15) is 37.0 Å². The maximum atomic E-state index is 12.2. The van der Waals surface area contributed by atoms with Gasteiger partial charge in [0.1, 0.15) is 29.4 Å². The first kappa shape index (κ1) is 27.6. The minimum atomic E-state index is -0.950. The Morgan fingerprint density at radius 2 is 1.79 bits per heavy atom. The van der Waals surface area contributed by atoms with Gasteiger partial charge in [-0.05, 0) is 54.4 Å². The van der Waals surface area contributed by atoms with E-state index in [0.29, 0.717) is 29.6 Å². The molecule has 0 spiro atoms. The number of fused-ring (bicyclic) bond motifs is 1. The van der Waals surface area contributed by atoms with Crippen molar-refractivity contribution in [2.45, 2.75) is 32.7 Å². The summed E-state index contributed by atoms with van der Waals surface area (Å²) >= 11 is 0. The van der Waals surface area contributed by atoms with Gasteiger partial charge in [0, 0.05) is 29.2 Å². The molecule has 0 saturated carbocycles. The fourth-order valence-corrected chi connectivity index (χ4v) is 4.22. The van der Waals surface area contributed by atoms with Crippen molar-refractivity contribution < 1.29 is 28.6 Å². The molecule has 1 aromatic heterocycles. The van der Waals surface area contributed by atoms with E-state index < -0.39 is 5.97 Å². The second-order valence-electron chi connectivity index (χ2n) is 9.43. The molecule has 0 bridgehead atoms. The summed E-state index contributed by atoms with van der Waals surface area (Å²) in [6.07, 6.45) is 0.843. The molecule has 39 heavy (non-hydrogen) atoms. The van der Waals surface area contributed by atoms with Crippen LogP contribution in [0.3, 0.4) is 0 Å². The maximum absolute atomic E-state index is 12.2. The number of anilines is 1. The maximum Gasteiger partial charge on any atom is 0.305 e. The number of hydrogen-bond acceptors (Lipinski definition) is 6. The third kappa shape index (κ3) is 7.10. The van der Waals surface area contributed by atoms with Crippen LogP contribution in [0.4, 0.5) is 5.69 Å². The molecule has 3 aromatic carbocycles. The quantitative estimate of drug-likeness (QED) is 0.188. The zero-order valence-electron chi connectivity index (χ0n) is 22.4. The van der Waals surface area contributed by atoms with Gasteiger partial charge < -0.3 is 29.6 Å². The van der Waals surface area contributed by atoms with E-state index in [1.54, 1.807) is 19.2 Å². The van der Waals surface area contributed by atoms with Gasteiger partial charge >= 0.3 is 5.97 Å². The number of carbonyl (C=O) groups is 2. The van der Waals surface area contributed by atoms with E-state index in [1.165, 1.54) is 0 Å². The summed E-state index contributed by atoms with van der Waals surface area (Å²) in [4.78, 5) is 22.9. The van der Waals surface area contributed by atoms with E-state index in [9.17, 15) is 9.59 Å². The Morgan fingerprint density at radius 1 is 1.03 bits per heavy atom. The Bertz CT molecular complexity index is 1380. The largest absolute Gasteiger partial charge is 0.496 e. The van der Waals surface area contributed by atoms with E-state index in [0.717, 1.165) is 34.4 Å². The lowest BCUT2D eigenvalue weighted by atomic mass is 9.99. The van der Waals surface area contributed by atoms with E-state index in [1.807, 2.05) is 60.7 Å². The lowest BCUT2D eigenvalue weighted by Crippen LogP contribution is -2.33. The number of carboxylic acid groups (broad SMARTS) is 1. The predicted octanol–water partition coefficient (Wildman–Crippen LogP) is 6.22. The standard InChI is InChI=1S/C31H34N2O6/c1-4-20(2)26(33-23-11-9-21(10-12-23)31(36)32-16-15-30(34)35)19-38-24-13-14-25(28(18-24)37-3)29-17-22-7-5-6-8-27(22)39-29/h5-14,17-18,20,26,33H,4,15-16,19H2,1-3H3,(H,32,36)(H,34,35). The van der Waals surface area contributed by atoms with Crippen molar-refractivity contribution in [3.8, 4) is 22.8 Å². The summed E-state index contributed by atoms with van der Waals surface area (Å²) in [6.45, 7) is 4.82. The number of carbonyl (C=O) groups excluding carboxylic acids is 1. The zero-order valence-corrected chi connectivity index (χ0v) is 22.4. The van der Waals surface area contributed by atoms with Gasteiger partial charge in [0.15, 0.2) is 0 Å². The second kappa shape index (κ2) is 12.9. The van der Waals surface area contributed by atoms with Gasteiger partial charge in [0.25, 0.3) is 5.91 Å². The predicted molar refractivity (Wildman–Crippen MR) is 152 cm³/mol. The Kier molecular flexibility index (Phi) is 9.10. The fraction of sp³-hybridized carbons (Fsp3) is 0.290. The monoisotopic (exact) mass is 530 g/mol. The van der Waals surface area contributed by atoms with Gasteiger partial charge in [-0.3, -0.25) is 9.59 Å². The molecular formula is C31H34N2O6. The lowest BCUT2D eigenvalue weighted by Gasteiger charge is -2.26. The SMILES string of the molecule is CCC(C)C(COc1ccc(-c2cc3ccccc3o2)c(OC)c1)Nc1ccc(C(=O)NCCC(=O)O)cc1. The molecule has 8 nitrogen and oxygen atoms in total. The van der Waals surface area contributed by atoms with Gasteiger partial charge in [0.2, 0.25) is 0 Å². The number of carboxylic acids is 1. The number of benzene rings is 3. The Balaban J connectivity index is 1.41. The highest BCUT2D eigenvalue weighted by molar-refractivity contribution is 5.94. The summed E-state index contributed by atoms with van der Waals surface area (Å²) in [6, 6.07) is 22.7. The minimum Gasteiger partial charge on any atom is -0.496 e. The summed E-state index contributed by atoms with van der Waals surface area (Å²) < 4.78 is 17.9. The van der Waals surface area contributed by atoms with Crippen molar-refractivity contribution >= 4 is 28.5 Å². The molecule has 2 unspecified atom stereocenters. The van der Waals surface area contributed by atoms with E-state index in [4.69, 9.17) is 19.0 Å². The number of methoxy groups -OCH3 is 1. The number of aliphatic carboxylic acids is 1. The molecule has 4 rings (SSSR count). The molecule has 204 valence electrons. The molecule has 2 atom stereocenters. The first-order chi connectivity index (χ1) is 18.9. The summed E-state index contributed by atoms with van der Waals surface area (Å²) in [7, 11) is 1.63. The second-order valence-corrected chi connectivity index (χ2v) is 9.43. The molecule has 4 aromatic rings. The Labute approximate surface area is 227 Å². The van der Waals surface area contributed by atoms with E-state index in [2.05, 4.69) is 24.5 Å². The number of para-hydroxylation sites is 1. The van der Waals surface area contributed by atoms with Crippen LogP contribution in [-0.2, 0) is 4.79 Å². The third-order valence-corrected chi connectivity index (χ3v) is 6.75. The molecule has 0 aliphatic heterocycles. The lowest BCUT2D eigenvalue weighted by molar-refractivity contribution is -0.136. The first-order valence-corrected chi connectivity index (χ1v) is 13.0. The average Bonchev–Trinajstić information content (AvgIpc) is 3.39. The van der Waals surface area contributed by atoms with Crippen molar-refractivity contribution in [3.05, 3.63) is 78.4 Å². The molecule has 0 saturated heterocycles. The Hall–Kier alpha value is -4.46. The molecule has 0 fully saturated rings. The Morgan fingerprint density at radius 3 is 2.49 bits per heavy atom. The van der Waals surface area contributed by atoms with Crippen molar-refractivity contribution in [1.29, 1.82) is 0 Å². The molecule has 1 amide bonds. The summed E-state index contributed by atoms with van der Waals surface area (Å²) in [5.74, 6) is 1.16. The molecule has 0 radical (unpaired) electrons. The van der Waals surface area contributed by atoms with Crippen LogP contribution < -0.4 is 20.1 Å². The number of nitrogens with one attached hydrogen (secondary N) is 2. The van der Waals surface area contributed by atoms with Gasteiger partial charge in [0.05, 0.1) is 25.1 Å². The van der Waals surface area contributed by atoms with Crippen LogP contribution >= 0.6 is 0 Å². The fourth-order valence-electron chi connectivity index (χ4n) is 4.22. The highest BCUT2D eigenvalue weighted by atomic mass is 16.5. The summed E-state index contributed by atoms with van der Waals surface area (Å²) in [5.41, 5.74) is 3.01. The molecule has 1 heterocycles. The van der Waals surface area contributed by atoms with Crippen LogP contribution in [-0.4, -0.2) is 43.3 Å². The number of furan rings is 1. The topological polar surface area (TPSA) is 110 Å². The first-order valence-electron chi connectivity index (χ1n) is 13.0. The highest BCUT2D eigenvalue weighted by Crippen LogP contribution is 2.36. The van der Waals surface area contributed by atoms with Crippen molar-refractivity contribution in [2.75, 3.05) is 25.6 Å². The smallest absolute Gasteiger partial charge is 0.305 e.